The fraction of sp³-hybridized carbons (Fsp3) is 0.556. The number of imidazole rings is 1. The van der Waals surface area contributed by atoms with Crippen LogP contribution in [-0.2, 0) is 17.8 Å². The Morgan fingerprint density at radius 1 is 1.24 bits per heavy atom. The number of carbonyl (C=O) groups is 1. The Kier molecular flexibility index (Phi) is 4.09. The molecule has 0 unspecified atom stereocenters. The normalized spacial score (nSPS) is 22.6. The number of benzene rings is 1. The molecule has 1 aromatic carbocycles. The summed E-state index contributed by atoms with van der Waals surface area (Å²) in [6.45, 7) is 5.27. The molecule has 0 aliphatic heterocycles. The van der Waals surface area contributed by atoms with Crippen molar-refractivity contribution in [2.75, 3.05) is 0 Å². The van der Waals surface area contributed by atoms with Gasteiger partial charge in [0.2, 0.25) is 0 Å². The number of fused-ring (bicyclic) bond motifs is 1. The second kappa shape index (κ2) is 6.00. The second-order valence-corrected chi connectivity index (χ2v) is 6.36. The van der Waals surface area contributed by atoms with Gasteiger partial charge < -0.3 is 4.57 Å². The SMILES string of the molecule is CCn1c(CC(=O)C2CCC(C)CC2)nc2ccccc21. The molecular formula is C18H24N2O. The first-order chi connectivity index (χ1) is 10.2. The summed E-state index contributed by atoms with van der Waals surface area (Å²) in [5.41, 5.74) is 2.14. The van der Waals surface area contributed by atoms with Crippen molar-refractivity contribution >= 4 is 16.8 Å². The summed E-state index contributed by atoms with van der Waals surface area (Å²) in [5, 5.41) is 0. The maximum absolute atomic E-state index is 12.6. The number of Topliss-reactive ketones (excluding diaryl/α,β-unsaturated/α-hetero) is 1. The van der Waals surface area contributed by atoms with Gasteiger partial charge in [0.25, 0.3) is 0 Å². The molecule has 3 rings (SSSR count). The van der Waals surface area contributed by atoms with Gasteiger partial charge in [0, 0.05) is 12.5 Å². The van der Waals surface area contributed by atoms with Crippen molar-refractivity contribution in [2.24, 2.45) is 11.8 Å². The average Bonchev–Trinajstić information content (AvgIpc) is 2.84. The fourth-order valence-corrected chi connectivity index (χ4v) is 3.50. The van der Waals surface area contributed by atoms with Crippen LogP contribution < -0.4 is 0 Å². The molecule has 1 aromatic heterocycles. The summed E-state index contributed by atoms with van der Waals surface area (Å²) in [6, 6.07) is 8.15. The molecule has 1 aliphatic rings. The Labute approximate surface area is 126 Å². The Morgan fingerprint density at radius 3 is 2.67 bits per heavy atom. The topological polar surface area (TPSA) is 34.9 Å². The van der Waals surface area contributed by atoms with Crippen LogP contribution in [0, 0.1) is 11.8 Å². The highest BCUT2D eigenvalue weighted by Gasteiger charge is 2.25. The summed E-state index contributed by atoms with van der Waals surface area (Å²) in [4.78, 5) is 17.2. The molecule has 3 nitrogen and oxygen atoms in total. The van der Waals surface area contributed by atoms with E-state index in [2.05, 4.69) is 29.5 Å². The van der Waals surface area contributed by atoms with E-state index < -0.39 is 0 Å². The minimum atomic E-state index is 0.256. The Balaban J connectivity index is 1.79. The first-order valence-electron chi connectivity index (χ1n) is 8.16. The number of aromatic nitrogens is 2. The molecule has 0 amide bonds. The van der Waals surface area contributed by atoms with Crippen LogP contribution in [0.1, 0.15) is 45.4 Å². The van der Waals surface area contributed by atoms with Gasteiger partial charge >= 0.3 is 0 Å². The van der Waals surface area contributed by atoms with E-state index in [-0.39, 0.29) is 5.92 Å². The van der Waals surface area contributed by atoms with E-state index in [0.717, 1.165) is 42.2 Å². The van der Waals surface area contributed by atoms with E-state index >= 15 is 0 Å². The molecule has 1 fully saturated rings. The Hall–Kier alpha value is -1.64. The number of carbonyl (C=O) groups excluding carboxylic acids is 1. The van der Waals surface area contributed by atoms with Crippen LogP contribution in [0.15, 0.2) is 24.3 Å². The van der Waals surface area contributed by atoms with Crippen LogP contribution in [0.3, 0.4) is 0 Å². The van der Waals surface area contributed by atoms with Gasteiger partial charge in [-0.05, 0) is 37.8 Å². The molecule has 0 saturated heterocycles. The zero-order chi connectivity index (χ0) is 14.8. The van der Waals surface area contributed by atoms with E-state index in [4.69, 9.17) is 0 Å². The maximum atomic E-state index is 12.6. The van der Waals surface area contributed by atoms with Crippen LogP contribution in [0.4, 0.5) is 0 Å². The zero-order valence-electron chi connectivity index (χ0n) is 13.0. The predicted molar refractivity (Wildman–Crippen MR) is 85.2 cm³/mol. The van der Waals surface area contributed by atoms with Gasteiger partial charge in [-0.15, -0.1) is 0 Å². The van der Waals surface area contributed by atoms with Crippen molar-refractivity contribution in [3.63, 3.8) is 0 Å². The molecule has 2 aromatic rings. The highest BCUT2D eigenvalue weighted by atomic mass is 16.1. The van der Waals surface area contributed by atoms with Crippen LogP contribution in [0.2, 0.25) is 0 Å². The molecule has 0 atom stereocenters. The van der Waals surface area contributed by atoms with Gasteiger partial charge in [0.1, 0.15) is 11.6 Å². The summed E-state index contributed by atoms with van der Waals surface area (Å²) in [5.74, 6) is 2.36. The number of hydrogen-bond acceptors (Lipinski definition) is 2. The lowest BCUT2D eigenvalue weighted by molar-refractivity contribution is -0.123. The first kappa shape index (κ1) is 14.3. The predicted octanol–water partition coefficient (Wildman–Crippen LogP) is 3.99. The molecular weight excluding hydrogens is 260 g/mol. The highest BCUT2D eigenvalue weighted by molar-refractivity contribution is 5.84. The number of para-hydroxylation sites is 2. The van der Waals surface area contributed by atoms with Gasteiger partial charge in [-0.2, -0.15) is 0 Å². The third-order valence-electron chi connectivity index (χ3n) is 4.85. The van der Waals surface area contributed by atoms with Crippen molar-refractivity contribution in [3.8, 4) is 0 Å². The van der Waals surface area contributed by atoms with Crippen molar-refractivity contribution in [3.05, 3.63) is 30.1 Å². The molecule has 0 radical (unpaired) electrons. The molecule has 112 valence electrons. The summed E-state index contributed by atoms with van der Waals surface area (Å²) < 4.78 is 2.18. The minimum Gasteiger partial charge on any atom is -0.328 e. The zero-order valence-corrected chi connectivity index (χ0v) is 13.0. The van der Waals surface area contributed by atoms with E-state index in [9.17, 15) is 4.79 Å². The lowest BCUT2D eigenvalue weighted by Crippen LogP contribution is -2.23. The van der Waals surface area contributed by atoms with Gasteiger partial charge in [-0.25, -0.2) is 4.98 Å². The van der Waals surface area contributed by atoms with Gasteiger partial charge in [0.15, 0.2) is 0 Å². The molecule has 1 aliphatic carbocycles. The number of nitrogens with zero attached hydrogens (tertiary/aromatic N) is 2. The largest absolute Gasteiger partial charge is 0.328 e. The third-order valence-corrected chi connectivity index (χ3v) is 4.85. The summed E-state index contributed by atoms with van der Waals surface area (Å²) in [6.07, 6.45) is 5.00. The number of rotatable bonds is 4. The van der Waals surface area contributed by atoms with Crippen LogP contribution in [0.25, 0.3) is 11.0 Å². The van der Waals surface area contributed by atoms with E-state index in [1.165, 1.54) is 12.8 Å². The van der Waals surface area contributed by atoms with Crippen LogP contribution in [-0.4, -0.2) is 15.3 Å². The Bertz CT molecular complexity index is 636. The fourth-order valence-electron chi connectivity index (χ4n) is 3.50. The smallest absolute Gasteiger partial charge is 0.143 e. The average molecular weight is 284 g/mol. The molecule has 1 saturated carbocycles. The molecule has 0 N–H and O–H groups in total. The van der Waals surface area contributed by atoms with Gasteiger partial charge in [-0.1, -0.05) is 31.9 Å². The summed E-state index contributed by atoms with van der Waals surface area (Å²) >= 11 is 0. The number of aryl methyl sites for hydroxylation is 1. The van der Waals surface area contributed by atoms with E-state index in [0.29, 0.717) is 12.2 Å². The van der Waals surface area contributed by atoms with Crippen LogP contribution in [0.5, 0.6) is 0 Å². The van der Waals surface area contributed by atoms with Crippen molar-refractivity contribution in [1.82, 2.24) is 9.55 Å². The minimum absolute atomic E-state index is 0.256. The molecule has 1 heterocycles. The monoisotopic (exact) mass is 284 g/mol. The van der Waals surface area contributed by atoms with Gasteiger partial charge in [-0.3, -0.25) is 4.79 Å². The lowest BCUT2D eigenvalue weighted by Gasteiger charge is -2.25. The molecule has 0 spiro atoms. The number of ketones is 1. The lowest BCUT2D eigenvalue weighted by atomic mass is 9.80. The molecule has 3 heteroatoms. The number of hydrogen-bond donors (Lipinski definition) is 0. The van der Waals surface area contributed by atoms with Crippen molar-refractivity contribution < 1.29 is 4.79 Å². The van der Waals surface area contributed by atoms with Gasteiger partial charge in [0.05, 0.1) is 17.5 Å². The third kappa shape index (κ3) is 2.87. The standard InChI is InChI=1S/C18H24N2O/c1-3-20-16-7-5-4-6-15(16)19-18(20)12-17(21)14-10-8-13(2)9-11-14/h4-7,13-14H,3,8-12H2,1-2H3. The first-order valence-corrected chi connectivity index (χ1v) is 8.16. The molecule has 0 bridgehead atoms. The van der Waals surface area contributed by atoms with Crippen LogP contribution >= 0.6 is 0 Å². The second-order valence-electron chi connectivity index (χ2n) is 6.36. The quantitative estimate of drug-likeness (QED) is 0.850. The van der Waals surface area contributed by atoms with Crippen molar-refractivity contribution in [2.45, 2.75) is 52.5 Å². The van der Waals surface area contributed by atoms with E-state index in [1.807, 2.05) is 18.2 Å². The maximum Gasteiger partial charge on any atom is 0.143 e. The highest BCUT2D eigenvalue weighted by Crippen LogP contribution is 2.29. The molecule has 21 heavy (non-hydrogen) atoms. The van der Waals surface area contributed by atoms with E-state index in [1.54, 1.807) is 0 Å². The van der Waals surface area contributed by atoms with Crippen molar-refractivity contribution in [1.29, 1.82) is 0 Å². The Morgan fingerprint density at radius 2 is 1.95 bits per heavy atom. The summed E-state index contributed by atoms with van der Waals surface area (Å²) in [7, 11) is 0.